The van der Waals surface area contributed by atoms with Crippen LogP contribution in [0.2, 0.25) is 5.02 Å². The van der Waals surface area contributed by atoms with Crippen molar-refractivity contribution in [1.29, 1.82) is 0 Å². The summed E-state index contributed by atoms with van der Waals surface area (Å²) >= 11 is 6.12. The van der Waals surface area contributed by atoms with E-state index in [2.05, 4.69) is 10.6 Å². The van der Waals surface area contributed by atoms with Gasteiger partial charge in [-0.2, -0.15) is 0 Å². The van der Waals surface area contributed by atoms with E-state index in [0.717, 1.165) is 43.4 Å². The van der Waals surface area contributed by atoms with Gasteiger partial charge in [0.25, 0.3) is 0 Å². The molecule has 1 aromatic carbocycles. The van der Waals surface area contributed by atoms with E-state index >= 15 is 0 Å². The zero-order valence-corrected chi connectivity index (χ0v) is 17.4. The number of carbonyl (C=O) groups excluding carboxylic acids is 1. The molecule has 0 saturated heterocycles. The van der Waals surface area contributed by atoms with Crippen molar-refractivity contribution in [1.82, 2.24) is 5.32 Å². The number of hydrogen-bond acceptors (Lipinski definition) is 5. The van der Waals surface area contributed by atoms with Crippen LogP contribution in [0.1, 0.15) is 55.9 Å². The lowest BCUT2D eigenvalue weighted by Crippen LogP contribution is -2.34. The fraction of sp³-hybridized carbons (Fsp3) is 0.450. The first-order chi connectivity index (χ1) is 13.9. The molecular formula is C20H23ClN2O5S. The minimum Gasteiger partial charge on any atom is -0.504 e. The molecule has 2 aliphatic rings. The fourth-order valence-electron chi connectivity index (χ4n) is 4.23. The van der Waals surface area contributed by atoms with Crippen LogP contribution in [-0.2, 0) is 16.3 Å². The number of amides is 2. The van der Waals surface area contributed by atoms with Gasteiger partial charge in [0.2, 0.25) is 0 Å². The van der Waals surface area contributed by atoms with Crippen molar-refractivity contribution in [2.24, 2.45) is 0 Å². The molecule has 1 fully saturated rings. The Labute approximate surface area is 174 Å². The molecule has 9 heteroatoms. The molecule has 3 N–H and O–H groups in total. The number of carbonyl (C=O) groups is 1. The van der Waals surface area contributed by atoms with Gasteiger partial charge in [-0.1, -0.05) is 24.4 Å². The van der Waals surface area contributed by atoms with Gasteiger partial charge >= 0.3 is 6.03 Å². The van der Waals surface area contributed by atoms with Crippen LogP contribution in [0.4, 0.5) is 10.5 Å². The molecule has 2 aliphatic carbocycles. The number of aryl methyl sites for hydroxylation is 1. The summed E-state index contributed by atoms with van der Waals surface area (Å²) in [5, 5.41) is 15.4. The van der Waals surface area contributed by atoms with E-state index in [1.807, 2.05) is 6.07 Å². The monoisotopic (exact) mass is 438 g/mol. The lowest BCUT2D eigenvalue weighted by atomic mass is 9.94. The van der Waals surface area contributed by atoms with Crippen molar-refractivity contribution in [2.75, 3.05) is 5.32 Å². The maximum atomic E-state index is 13.0. The summed E-state index contributed by atoms with van der Waals surface area (Å²) < 4.78 is 31.4. The molecule has 1 atom stereocenters. The second kappa shape index (κ2) is 7.91. The van der Waals surface area contributed by atoms with Gasteiger partial charge in [-0.15, -0.1) is 0 Å². The number of phenolic OH excluding ortho intramolecular Hbond substituents is 1. The molecule has 0 spiro atoms. The summed E-state index contributed by atoms with van der Waals surface area (Å²) in [6.45, 7) is 0. The topological polar surface area (TPSA) is 109 Å². The van der Waals surface area contributed by atoms with E-state index in [0.29, 0.717) is 12.8 Å². The van der Waals surface area contributed by atoms with Gasteiger partial charge in [0.15, 0.2) is 15.6 Å². The van der Waals surface area contributed by atoms with Gasteiger partial charge in [0, 0.05) is 0 Å². The molecule has 2 aromatic rings. The lowest BCUT2D eigenvalue weighted by molar-refractivity contribution is 0.244. The standard InChI is InChI=1S/C20H23ClN2O5S/c21-14-8-9-15(17(24)19(14)29(26,27)13-5-1-2-6-13)22-20(25)23-16-7-3-4-12-10-11-28-18(12)16/h8-11,13,16,24H,1-7H2,(H2,22,23,25)/t16-/m0/s1. The second-order valence-electron chi connectivity index (χ2n) is 7.58. The highest BCUT2D eigenvalue weighted by Gasteiger charge is 2.35. The van der Waals surface area contributed by atoms with Crippen molar-refractivity contribution >= 4 is 33.2 Å². The summed E-state index contributed by atoms with van der Waals surface area (Å²) in [5.41, 5.74) is 1.07. The molecule has 2 amide bonds. The zero-order chi connectivity index (χ0) is 20.6. The van der Waals surface area contributed by atoms with Crippen molar-refractivity contribution < 1.29 is 22.7 Å². The van der Waals surface area contributed by atoms with Crippen LogP contribution in [0.5, 0.6) is 5.75 Å². The Morgan fingerprint density at radius 2 is 1.90 bits per heavy atom. The Bertz CT molecular complexity index is 1030. The Hall–Kier alpha value is -2.19. The van der Waals surface area contributed by atoms with Gasteiger partial charge in [0.05, 0.1) is 28.3 Å². The van der Waals surface area contributed by atoms with Gasteiger partial charge in [-0.25, -0.2) is 13.2 Å². The molecule has 0 radical (unpaired) electrons. The number of aromatic hydroxyl groups is 1. The van der Waals surface area contributed by atoms with E-state index in [4.69, 9.17) is 16.0 Å². The number of fused-ring (bicyclic) bond motifs is 1. The molecule has 1 heterocycles. The number of rotatable bonds is 4. The first kappa shape index (κ1) is 20.1. The van der Waals surface area contributed by atoms with Crippen molar-refractivity contribution in [3.8, 4) is 5.75 Å². The SMILES string of the molecule is O=C(Nc1ccc(Cl)c(S(=O)(=O)C2CCCC2)c1O)N[C@H]1CCCc2ccoc21. The fourth-order valence-corrected chi connectivity index (χ4v) is 6.71. The highest BCUT2D eigenvalue weighted by molar-refractivity contribution is 7.92. The number of phenols is 1. The number of sulfone groups is 1. The third-order valence-corrected chi connectivity index (χ3v) is 8.46. The maximum Gasteiger partial charge on any atom is 0.319 e. The molecule has 1 aromatic heterocycles. The number of nitrogens with one attached hydrogen (secondary N) is 2. The van der Waals surface area contributed by atoms with Gasteiger partial charge in [-0.05, 0) is 55.9 Å². The number of benzene rings is 1. The van der Waals surface area contributed by atoms with Gasteiger partial charge in [0.1, 0.15) is 10.7 Å². The summed E-state index contributed by atoms with van der Waals surface area (Å²) in [7, 11) is -3.79. The molecular weight excluding hydrogens is 416 g/mol. The van der Waals surface area contributed by atoms with Crippen LogP contribution >= 0.6 is 11.6 Å². The molecule has 4 rings (SSSR count). The highest BCUT2D eigenvalue weighted by atomic mass is 35.5. The number of halogens is 1. The van der Waals surface area contributed by atoms with E-state index in [1.165, 1.54) is 12.1 Å². The van der Waals surface area contributed by atoms with Crippen LogP contribution in [0.3, 0.4) is 0 Å². The predicted molar refractivity (Wildman–Crippen MR) is 109 cm³/mol. The lowest BCUT2D eigenvalue weighted by Gasteiger charge is -2.22. The molecule has 1 saturated carbocycles. The first-order valence-corrected chi connectivity index (χ1v) is 11.7. The molecule has 0 unspecified atom stereocenters. The quantitative estimate of drug-likeness (QED) is 0.606. The normalized spacial score (nSPS) is 19.7. The third kappa shape index (κ3) is 3.83. The van der Waals surface area contributed by atoms with E-state index in [-0.39, 0.29) is 21.6 Å². The molecule has 0 bridgehead atoms. The number of hydrogen-bond donors (Lipinski definition) is 3. The predicted octanol–water partition coefficient (Wildman–Crippen LogP) is 4.55. The smallest absolute Gasteiger partial charge is 0.319 e. The van der Waals surface area contributed by atoms with Gasteiger partial charge in [-0.3, -0.25) is 0 Å². The summed E-state index contributed by atoms with van der Waals surface area (Å²) in [4.78, 5) is 12.2. The molecule has 156 valence electrons. The Kier molecular flexibility index (Phi) is 5.48. The van der Waals surface area contributed by atoms with Crippen LogP contribution in [-0.4, -0.2) is 24.8 Å². The average Bonchev–Trinajstić information content (AvgIpc) is 3.36. The summed E-state index contributed by atoms with van der Waals surface area (Å²) in [5.74, 6) is 0.207. The average molecular weight is 439 g/mol. The maximum absolute atomic E-state index is 13.0. The molecule has 0 aliphatic heterocycles. The Balaban J connectivity index is 1.55. The van der Waals surface area contributed by atoms with Crippen LogP contribution in [0, 0.1) is 0 Å². The second-order valence-corrected chi connectivity index (χ2v) is 10.1. The van der Waals surface area contributed by atoms with E-state index in [1.54, 1.807) is 6.26 Å². The zero-order valence-electron chi connectivity index (χ0n) is 15.8. The van der Waals surface area contributed by atoms with E-state index < -0.39 is 26.9 Å². The highest BCUT2D eigenvalue weighted by Crippen LogP contribution is 2.41. The summed E-state index contributed by atoms with van der Waals surface area (Å²) in [6.07, 6.45) is 6.93. The minimum absolute atomic E-state index is 0.000972. The minimum atomic E-state index is -3.79. The van der Waals surface area contributed by atoms with Crippen molar-refractivity contribution in [2.45, 2.75) is 61.1 Å². The Morgan fingerprint density at radius 1 is 1.14 bits per heavy atom. The van der Waals surface area contributed by atoms with Crippen LogP contribution in [0.25, 0.3) is 0 Å². The van der Waals surface area contributed by atoms with Crippen LogP contribution < -0.4 is 10.6 Å². The van der Waals surface area contributed by atoms with E-state index in [9.17, 15) is 18.3 Å². The van der Waals surface area contributed by atoms with Crippen LogP contribution in [0.15, 0.2) is 33.8 Å². The first-order valence-electron chi connectivity index (χ1n) is 9.77. The Morgan fingerprint density at radius 3 is 2.66 bits per heavy atom. The molecule has 7 nitrogen and oxygen atoms in total. The number of urea groups is 1. The number of anilines is 1. The molecule has 29 heavy (non-hydrogen) atoms. The third-order valence-electron chi connectivity index (χ3n) is 5.70. The van der Waals surface area contributed by atoms with Crippen molar-refractivity contribution in [3.05, 3.63) is 40.8 Å². The van der Waals surface area contributed by atoms with Crippen molar-refractivity contribution in [3.63, 3.8) is 0 Å². The largest absolute Gasteiger partial charge is 0.504 e. The van der Waals surface area contributed by atoms with Gasteiger partial charge < -0.3 is 20.2 Å². The number of furan rings is 1. The summed E-state index contributed by atoms with van der Waals surface area (Å²) in [6, 6.07) is 3.84.